The van der Waals surface area contributed by atoms with E-state index < -0.39 is 0 Å². The largest absolute Gasteiger partial charge is 0.493 e. The van der Waals surface area contributed by atoms with Crippen molar-refractivity contribution in [2.24, 2.45) is 0 Å². The zero-order valence-electron chi connectivity index (χ0n) is 11.5. The van der Waals surface area contributed by atoms with Crippen molar-refractivity contribution in [3.8, 4) is 17.0 Å². The lowest BCUT2D eigenvalue weighted by atomic mass is 10.1. The Morgan fingerprint density at radius 2 is 2.05 bits per heavy atom. The molecule has 3 rings (SSSR count). The molecule has 0 saturated carbocycles. The van der Waals surface area contributed by atoms with Gasteiger partial charge >= 0.3 is 0 Å². The van der Waals surface area contributed by atoms with Crippen LogP contribution in [0.2, 0.25) is 0 Å². The normalized spacial score (nSPS) is 11.0. The third-order valence-electron chi connectivity index (χ3n) is 3.25. The maximum Gasteiger partial charge on any atom is 0.139 e. The van der Waals surface area contributed by atoms with Gasteiger partial charge in [-0.3, -0.25) is 4.40 Å². The van der Waals surface area contributed by atoms with E-state index in [1.165, 1.54) is 12.3 Å². The van der Waals surface area contributed by atoms with Crippen molar-refractivity contribution in [3.05, 3.63) is 54.1 Å². The van der Waals surface area contributed by atoms with E-state index in [1.54, 1.807) is 10.5 Å². The summed E-state index contributed by atoms with van der Waals surface area (Å²) in [6.07, 6.45) is 1.40. The molecule has 2 aromatic heterocycles. The minimum atomic E-state index is -0.323. The van der Waals surface area contributed by atoms with E-state index in [9.17, 15) is 4.39 Å². The number of aromatic nitrogens is 2. The SMILES string of the molecule is CCOc1ccccc1-c1nc2ccc(F)cn2c1CCl. The zero-order chi connectivity index (χ0) is 14.8. The fraction of sp³-hybridized carbons (Fsp3) is 0.188. The van der Waals surface area contributed by atoms with E-state index >= 15 is 0 Å². The third-order valence-corrected chi connectivity index (χ3v) is 3.50. The first kappa shape index (κ1) is 13.9. The lowest BCUT2D eigenvalue weighted by Gasteiger charge is -2.09. The molecule has 108 valence electrons. The maximum atomic E-state index is 13.4. The van der Waals surface area contributed by atoms with Crippen LogP contribution in [-0.4, -0.2) is 16.0 Å². The molecular formula is C16H14ClFN2O. The van der Waals surface area contributed by atoms with Crippen molar-refractivity contribution in [2.45, 2.75) is 12.8 Å². The number of hydrogen-bond acceptors (Lipinski definition) is 2. The Kier molecular flexibility index (Phi) is 3.80. The molecule has 0 radical (unpaired) electrons. The first-order valence-corrected chi connectivity index (χ1v) is 7.22. The monoisotopic (exact) mass is 304 g/mol. The Morgan fingerprint density at radius 1 is 1.24 bits per heavy atom. The van der Waals surface area contributed by atoms with Gasteiger partial charge in [-0.1, -0.05) is 12.1 Å². The fourth-order valence-electron chi connectivity index (χ4n) is 2.35. The van der Waals surface area contributed by atoms with Crippen LogP contribution in [0.25, 0.3) is 16.9 Å². The Bertz CT molecular complexity index is 785. The van der Waals surface area contributed by atoms with Crippen LogP contribution in [0.5, 0.6) is 5.75 Å². The molecule has 0 atom stereocenters. The molecule has 0 aliphatic rings. The van der Waals surface area contributed by atoms with Gasteiger partial charge in [-0.15, -0.1) is 11.6 Å². The summed E-state index contributed by atoms with van der Waals surface area (Å²) in [6, 6.07) is 10.7. The van der Waals surface area contributed by atoms with Crippen LogP contribution in [-0.2, 0) is 5.88 Å². The number of fused-ring (bicyclic) bond motifs is 1. The van der Waals surface area contributed by atoms with Crippen LogP contribution in [0.1, 0.15) is 12.6 Å². The molecule has 3 aromatic rings. The highest BCUT2D eigenvalue weighted by Crippen LogP contribution is 2.33. The predicted octanol–water partition coefficient (Wildman–Crippen LogP) is 4.28. The van der Waals surface area contributed by atoms with Crippen molar-refractivity contribution >= 4 is 17.2 Å². The van der Waals surface area contributed by atoms with Gasteiger partial charge in [-0.2, -0.15) is 0 Å². The number of halogens is 2. The topological polar surface area (TPSA) is 26.5 Å². The minimum absolute atomic E-state index is 0.237. The zero-order valence-corrected chi connectivity index (χ0v) is 12.3. The minimum Gasteiger partial charge on any atom is -0.493 e. The van der Waals surface area contributed by atoms with Gasteiger partial charge in [0.05, 0.1) is 23.9 Å². The molecule has 21 heavy (non-hydrogen) atoms. The Morgan fingerprint density at radius 3 is 2.81 bits per heavy atom. The van der Waals surface area contributed by atoms with E-state index in [0.29, 0.717) is 12.3 Å². The first-order chi connectivity index (χ1) is 10.2. The molecule has 0 fully saturated rings. The molecule has 0 N–H and O–H groups in total. The second kappa shape index (κ2) is 5.74. The summed E-state index contributed by atoms with van der Waals surface area (Å²) in [4.78, 5) is 4.57. The molecule has 0 bridgehead atoms. The molecular weight excluding hydrogens is 291 g/mol. The summed E-state index contributed by atoms with van der Waals surface area (Å²) in [7, 11) is 0. The predicted molar refractivity (Wildman–Crippen MR) is 81.3 cm³/mol. The quantitative estimate of drug-likeness (QED) is 0.673. The van der Waals surface area contributed by atoms with Crippen LogP contribution < -0.4 is 4.74 Å². The van der Waals surface area contributed by atoms with Crippen molar-refractivity contribution < 1.29 is 9.13 Å². The average molecular weight is 305 g/mol. The Labute approximate surface area is 127 Å². The number of pyridine rings is 1. The van der Waals surface area contributed by atoms with Crippen LogP contribution in [0.4, 0.5) is 4.39 Å². The number of nitrogens with zero attached hydrogens (tertiary/aromatic N) is 2. The van der Waals surface area contributed by atoms with E-state index in [-0.39, 0.29) is 11.7 Å². The second-order valence-electron chi connectivity index (χ2n) is 4.55. The molecule has 2 heterocycles. The highest BCUT2D eigenvalue weighted by atomic mass is 35.5. The number of alkyl halides is 1. The number of para-hydroxylation sites is 1. The Balaban J connectivity index is 2.25. The summed E-state index contributed by atoms with van der Waals surface area (Å²) >= 11 is 6.06. The van der Waals surface area contributed by atoms with E-state index in [0.717, 1.165) is 22.7 Å². The van der Waals surface area contributed by atoms with Crippen LogP contribution in [0.3, 0.4) is 0 Å². The van der Waals surface area contributed by atoms with Crippen molar-refractivity contribution in [3.63, 3.8) is 0 Å². The molecule has 0 aliphatic heterocycles. The van der Waals surface area contributed by atoms with Gasteiger partial charge in [0, 0.05) is 11.8 Å². The lowest BCUT2D eigenvalue weighted by Crippen LogP contribution is -1.96. The van der Waals surface area contributed by atoms with Crippen molar-refractivity contribution in [1.29, 1.82) is 0 Å². The molecule has 0 unspecified atom stereocenters. The summed E-state index contributed by atoms with van der Waals surface area (Å²) in [5, 5.41) is 0. The van der Waals surface area contributed by atoms with Gasteiger partial charge < -0.3 is 4.74 Å². The van der Waals surface area contributed by atoms with Gasteiger partial charge in [0.2, 0.25) is 0 Å². The van der Waals surface area contributed by atoms with Crippen molar-refractivity contribution in [1.82, 2.24) is 9.38 Å². The number of imidazole rings is 1. The molecule has 1 aromatic carbocycles. The van der Waals surface area contributed by atoms with Gasteiger partial charge in [0.1, 0.15) is 17.2 Å². The van der Waals surface area contributed by atoms with Crippen LogP contribution >= 0.6 is 11.6 Å². The molecule has 0 saturated heterocycles. The standard InChI is InChI=1S/C16H14ClFN2O/c1-2-21-14-6-4-3-5-12(14)16-13(9-17)20-10-11(18)7-8-15(20)19-16/h3-8,10H,2,9H2,1H3. The van der Waals surface area contributed by atoms with E-state index in [2.05, 4.69) is 4.98 Å². The first-order valence-electron chi connectivity index (χ1n) is 6.69. The van der Waals surface area contributed by atoms with Gasteiger partial charge in [0.25, 0.3) is 0 Å². The number of hydrogen-bond donors (Lipinski definition) is 0. The number of rotatable bonds is 4. The van der Waals surface area contributed by atoms with E-state index in [4.69, 9.17) is 16.3 Å². The Hall–Kier alpha value is -2.07. The average Bonchev–Trinajstić information content (AvgIpc) is 2.85. The van der Waals surface area contributed by atoms with Gasteiger partial charge in [-0.25, -0.2) is 9.37 Å². The molecule has 0 spiro atoms. The smallest absolute Gasteiger partial charge is 0.139 e. The van der Waals surface area contributed by atoms with Gasteiger partial charge in [-0.05, 0) is 31.2 Å². The lowest BCUT2D eigenvalue weighted by molar-refractivity contribution is 0.341. The van der Waals surface area contributed by atoms with Gasteiger partial charge in [0.15, 0.2) is 0 Å². The van der Waals surface area contributed by atoms with Crippen LogP contribution in [0, 0.1) is 5.82 Å². The summed E-state index contributed by atoms with van der Waals surface area (Å²) in [5.41, 5.74) is 2.99. The molecule has 0 aliphatic carbocycles. The summed E-state index contributed by atoms with van der Waals surface area (Å²) in [5.74, 6) is 0.659. The summed E-state index contributed by atoms with van der Waals surface area (Å²) in [6.45, 7) is 2.49. The maximum absolute atomic E-state index is 13.4. The molecule has 3 nitrogen and oxygen atoms in total. The van der Waals surface area contributed by atoms with E-state index in [1.807, 2.05) is 31.2 Å². The number of ether oxygens (including phenoxy) is 1. The number of benzene rings is 1. The molecule has 0 amide bonds. The fourth-order valence-corrected chi connectivity index (χ4v) is 2.61. The van der Waals surface area contributed by atoms with Crippen molar-refractivity contribution in [2.75, 3.05) is 6.61 Å². The highest BCUT2D eigenvalue weighted by molar-refractivity contribution is 6.17. The summed E-state index contributed by atoms with van der Waals surface area (Å²) < 4.78 is 20.8. The molecule has 5 heteroatoms. The second-order valence-corrected chi connectivity index (χ2v) is 4.81. The highest BCUT2D eigenvalue weighted by Gasteiger charge is 2.16. The van der Waals surface area contributed by atoms with Crippen LogP contribution in [0.15, 0.2) is 42.6 Å². The third kappa shape index (κ3) is 2.47.